The Morgan fingerprint density at radius 1 is 1.39 bits per heavy atom. The highest BCUT2D eigenvalue weighted by molar-refractivity contribution is 5.51. The van der Waals surface area contributed by atoms with Gasteiger partial charge in [-0.2, -0.15) is 0 Å². The van der Waals surface area contributed by atoms with Gasteiger partial charge in [0.05, 0.1) is 5.69 Å². The van der Waals surface area contributed by atoms with Crippen molar-refractivity contribution in [2.75, 3.05) is 39.1 Å². The number of aliphatic hydroxyl groups is 2. The van der Waals surface area contributed by atoms with Crippen LogP contribution in [0, 0.1) is 0 Å². The molecule has 0 heterocycles. The molecule has 1 atom stereocenters. The molecule has 102 valence electrons. The standard InChI is InChI=1S/C13H22N2O3/c1-15(7-4-8-16)9-11(17)10-18-13-6-3-2-5-12(13)14/h2-3,5-6,11,16-17H,4,7-10,14H2,1H3. The fraction of sp³-hybridized carbons (Fsp3) is 0.538. The number of anilines is 1. The van der Waals surface area contributed by atoms with Crippen LogP contribution >= 0.6 is 0 Å². The van der Waals surface area contributed by atoms with E-state index in [1.807, 2.05) is 24.1 Å². The van der Waals surface area contributed by atoms with Gasteiger partial charge in [0.1, 0.15) is 18.5 Å². The third-order valence-corrected chi connectivity index (χ3v) is 2.57. The number of nitrogens with zero attached hydrogens (tertiary/aromatic N) is 1. The Morgan fingerprint density at radius 2 is 2.11 bits per heavy atom. The van der Waals surface area contributed by atoms with Crippen molar-refractivity contribution in [3.63, 3.8) is 0 Å². The third kappa shape index (κ3) is 5.35. The molecular formula is C13H22N2O3. The lowest BCUT2D eigenvalue weighted by atomic mass is 10.3. The zero-order valence-corrected chi connectivity index (χ0v) is 10.7. The molecule has 5 nitrogen and oxygen atoms in total. The third-order valence-electron chi connectivity index (χ3n) is 2.57. The van der Waals surface area contributed by atoms with Crippen molar-refractivity contribution in [3.05, 3.63) is 24.3 Å². The topological polar surface area (TPSA) is 79.0 Å². The molecule has 4 N–H and O–H groups in total. The maximum absolute atomic E-state index is 9.80. The molecule has 0 aliphatic rings. The Balaban J connectivity index is 2.28. The van der Waals surface area contributed by atoms with Gasteiger partial charge in [0, 0.05) is 19.7 Å². The van der Waals surface area contributed by atoms with Crippen molar-refractivity contribution >= 4 is 5.69 Å². The van der Waals surface area contributed by atoms with Gasteiger partial charge < -0.3 is 25.6 Å². The molecule has 18 heavy (non-hydrogen) atoms. The molecule has 1 aromatic carbocycles. The van der Waals surface area contributed by atoms with Crippen LogP contribution < -0.4 is 10.5 Å². The Kier molecular flexibility index (Phi) is 6.49. The van der Waals surface area contributed by atoms with E-state index in [0.29, 0.717) is 24.4 Å². The molecule has 0 bridgehead atoms. The maximum atomic E-state index is 9.80. The van der Waals surface area contributed by atoms with Gasteiger partial charge in [-0.3, -0.25) is 0 Å². The Labute approximate surface area is 108 Å². The highest BCUT2D eigenvalue weighted by Gasteiger charge is 2.09. The largest absolute Gasteiger partial charge is 0.489 e. The van der Waals surface area contributed by atoms with Crippen molar-refractivity contribution in [2.45, 2.75) is 12.5 Å². The summed E-state index contributed by atoms with van der Waals surface area (Å²) in [6.07, 6.45) is 0.128. The van der Waals surface area contributed by atoms with Crippen molar-refractivity contribution in [1.82, 2.24) is 4.90 Å². The Hall–Kier alpha value is -1.30. The van der Waals surface area contributed by atoms with E-state index in [0.717, 1.165) is 6.54 Å². The number of aliphatic hydroxyl groups excluding tert-OH is 2. The molecule has 0 saturated heterocycles. The quantitative estimate of drug-likeness (QED) is 0.582. The van der Waals surface area contributed by atoms with E-state index in [4.69, 9.17) is 15.6 Å². The molecule has 1 rings (SSSR count). The molecule has 0 amide bonds. The number of hydrogen-bond acceptors (Lipinski definition) is 5. The second kappa shape index (κ2) is 7.92. The number of ether oxygens (including phenoxy) is 1. The summed E-state index contributed by atoms with van der Waals surface area (Å²) in [5, 5.41) is 18.5. The molecule has 1 aromatic rings. The molecule has 0 aliphatic carbocycles. The minimum Gasteiger partial charge on any atom is -0.489 e. The lowest BCUT2D eigenvalue weighted by Gasteiger charge is -2.20. The van der Waals surface area contributed by atoms with Gasteiger partial charge in [0.25, 0.3) is 0 Å². The molecule has 0 aromatic heterocycles. The first-order valence-corrected chi connectivity index (χ1v) is 6.08. The number of benzene rings is 1. The number of rotatable bonds is 8. The normalized spacial score (nSPS) is 12.7. The van der Waals surface area contributed by atoms with Crippen LogP contribution in [-0.4, -0.2) is 54.6 Å². The molecule has 0 fully saturated rings. The first kappa shape index (κ1) is 14.8. The first-order chi connectivity index (χ1) is 8.63. The number of nitrogens with two attached hydrogens (primary N) is 1. The summed E-state index contributed by atoms with van der Waals surface area (Å²) in [6, 6.07) is 7.21. The average Bonchev–Trinajstić information content (AvgIpc) is 2.35. The van der Waals surface area contributed by atoms with Gasteiger partial charge in [-0.1, -0.05) is 12.1 Å². The van der Waals surface area contributed by atoms with Crippen molar-refractivity contribution in [2.24, 2.45) is 0 Å². The van der Waals surface area contributed by atoms with E-state index in [1.54, 1.807) is 12.1 Å². The van der Waals surface area contributed by atoms with Crippen LogP contribution in [0.5, 0.6) is 5.75 Å². The SMILES string of the molecule is CN(CCCO)CC(O)COc1ccccc1N. The lowest BCUT2D eigenvalue weighted by molar-refractivity contribution is 0.0747. The number of hydrogen-bond donors (Lipinski definition) is 3. The summed E-state index contributed by atoms with van der Waals surface area (Å²) in [5.41, 5.74) is 6.30. The minimum atomic E-state index is -0.576. The van der Waals surface area contributed by atoms with Gasteiger partial charge in [-0.15, -0.1) is 0 Å². The second-order valence-electron chi connectivity index (χ2n) is 4.34. The molecule has 0 spiro atoms. The van der Waals surface area contributed by atoms with E-state index in [2.05, 4.69) is 0 Å². The van der Waals surface area contributed by atoms with E-state index in [1.165, 1.54) is 0 Å². The zero-order chi connectivity index (χ0) is 13.4. The fourth-order valence-electron chi connectivity index (χ4n) is 1.64. The van der Waals surface area contributed by atoms with E-state index >= 15 is 0 Å². The van der Waals surface area contributed by atoms with Gasteiger partial charge in [-0.25, -0.2) is 0 Å². The molecule has 0 radical (unpaired) electrons. The zero-order valence-electron chi connectivity index (χ0n) is 10.7. The molecular weight excluding hydrogens is 232 g/mol. The Morgan fingerprint density at radius 3 is 2.78 bits per heavy atom. The van der Waals surface area contributed by atoms with Gasteiger partial charge in [0.2, 0.25) is 0 Å². The van der Waals surface area contributed by atoms with Crippen molar-refractivity contribution < 1.29 is 14.9 Å². The first-order valence-electron chi connectivity index (χ1n) is 6.08. The van der Waals surface area contributed by atoms with Crippen molar-refractivity contribution in [1.29, 1.82) is 0 Å². The molecule has 0 saturated carbocycles. The highest BCUT2D eigenvalue weighted by Crippen LogP contribution is 2.19. The molecule has 0 aliphatic heterocycles. The van der Waals surface area contributed by atoms with Gasteiger partial charge in [0.15, 0.2) is 0 Å². The molecule has 1 unspecified atom stereocenters. The minimum absolute atomic E-state index is 0.164. The number of nitrogen functional groups attached to an aromatic ring is 1. The summed E-state index contributed by atoms with van der Waals surface area (Å²) in [4.78, 5) is 1.96. The van der Waals surface area contributed by atoms with Gasteiger partial charge in [-0.05, 0) is 25.6 Å². The highest BCUT2D eigenvalue weighted by atomic mass is 16.5. The van der Waals surface area contributed by atoms with E-state index in [-0.39, 0.29) is 13.2 Å². The summed E-state index contributed by atoms with van der Waals surface area (Å²) < 4.78 is 5.45. The average molecular weight is 254 g/mol. The predicted molar refractivity (Wildman–Crippen MR) is 71.6 cm³/mol. The van der Waals surface area contributed by atoms with Crippen LogP contribution in [0.15, 0.2) is 24.3 Å². The summed E-state index contributed by atoms with van der Waals surface area (Å²) >= 11 is 0. The summed E-state index contributed by atoms with van der Waals surface area (Å²) in [7, 11) is 1.90. The van der Waals surface area contributed by atoms with E-state index in [9.17, 15) is 5.11 Å². The van der Waals surface area contributed by atoms with Crippen LogP contribution in [0.1, 0.15) is 6.42 Å². The maximum Gasteiger partial charge on any atom is 0.142 e. The monoisotopic (exact) mass is 254 g/mol. The van der Waals surface area contributed by atoms with E-state index < -0.39 is 6.10 Å². The van der Waals surface area contributed by atoms with Crippen LogP contribution in [0.4, 0.5) is 5.69 Å². The number of para-hydroxylation sites is 2. The van der Waals surface area contributed by atoms with Crippen LogP contribution in [0.3, 0.4) is 0 Å². The smallest absolute Gasteiger partial charge is 0.142 e. The van der Waals surface area contributed by atoms with Gasteiger partial charge >= 0.3 is 0 Å². The van der Waals surface area contributed by atoms with Crippen LogP contribution in [0.2, 0.25) is 0 Å². The predicted octanol–water partition coefficient (Wildman–Crippen LogP) is 0.323. The van der Waals surface area contributed by atoms with Crippen LogP contribution in [0.25, 0.3) is 0 Å². The Bertz CT molecular complexity index is 347. The summed E-state index contributed by atoms with van der Waals surface area (Å²) in [6.45, 7) is 1.63. The summed E-state index contributed by atoms with van der Waals surface area (Å²) in [5.74, 6) is 0.592. The van der Waals surface area contributed by atoms with Crippen LogP contribution in [-0.2, 0) is 0 Å². The van der Waals surface area contributed by atoms with Crippen molar-refractivity contribution in [3.8, 4) is 5.75 Å². The fourth-order valence-corrected chi connectivity index (χ4v) is 1.64. The number of likely N-dealkylation sites (N-methyl/N-ethyl adjacent to an activating group) is 1. The lowest BCUT2D eigenvalue weighted by Crippen LogP contribution is -2.34. The second-order valence-corrected chi connectivity index (χ2v) is 4.34. The molecule has 5 heteroatoms.